The Balaban J connectivity index is 3.11. The van der Waals surface area contributed by atoms with E-state index in [-0.39, 0.29) is 5.04 Å². The lowest BCUT2D eigenvalue weighted by atomic mass is 10.2. The summed E-state index contributed by atoms with van der Waals surface area (Å²) in [7, 11) is -2.16. The highest BCUT2D eigenvalue weighted by molar-refractivity contribution is 6.74. The van der Waals surface area contributed by atoms with Crippen LogP contribution in [-0.4, -0.2) is 20.0 Å². The average Bonchev–Trinajstić information content (AvgIpc) is 2.33. The number of carbonyl (C=O) groups is 1. The van der Waals surface area contributed by atoms with Crippen LogP contribution in [0.15, 0.2) is 30.3 Å². The number of carbonyl (C=O) groups excluding carboxylic acids is 1. The number of rotatable bonds is 3. The Morgan fingerprint density at radius 2 is 1.50 bits per heavy atom. The van der Waals surface area contributed by atoms with Gasteiger partial charge < -0.3 is 9.26 Å². The average molecular weight is 324 g/mol. The fraction of sp³-hybridized carbons (Fsp3) is 0.588. The number of nitrogens with zero attached hydrogens (tertiary/aromatic N) is 1. The first-order chi connectivity index (χ1) is 9.83. The second kappa shape index (κ2) is 6.42. The van der Waals surface area contributed by atoms with Crippen molar-refractivity contribution in [1.29, 1.82) is 0 Å². The van der Waals surface area contributed by atoms with Crippen LogP contribution in [0.2, 0.25) is 18.1 Å². The molecule has 22 heavy (non-hydrogen) atoms. The van der Waals surface area contributed by atoms with Gasteiger partial charge in [-0.3, -0.25) is 0 Å². The molecule has 0 radical (unpaired) electrons. The summed E-state index contributed by atoms with van der Waals surface area (Å²) in [5.74, 6) is 0. The van der Waals surface area contributed by atoms with Crippen LogP contribution in [0.4, 0.5) is 10.5 Å². The van der Waals surface area contributed by atoms with Gasteiger partial charge in [0.25, 0.3) is 0 Å². The van der Waals surface area contributed by atoms with Crippen molar-refractivity contribution in [2.45, 2.75) is 65.3 Å². The molecule has 124 valence electrons. The van der Waals surface area contributed by atoms with E-state index in [1.165, 1.54) is 5.06 Å². The van der Waals surface area contributed by atoms with Gasteiger partial charge >= 0.3 is 6.09 Å². The smallest absolute Gasteiger partial charge is 0.438 e. The summed E-state index contributed by atoms with van der Waals surface area (Å²) in [6, 6.07) is 9.35. The second-order valence-electron chi connectivity index (χ2n) is 7.96. The molecule has 0 aliphatic carbocycles. The second-order valence-corrected chi connectivity index (χ2v) is 12.7. The van der Waals surface area contributed by atoms with Crippen molar-refractivity contribution in [2.75, 3.05) is 5.06 Å². The summed E-state index contributed by atoms with van der Waals surface area (Å²) < 4.78 is 11.7. The van der Waals surface area contributed by atoms with Crippen molar-refractivity contribution in [3.05, 3.63) is 30.3 Å². The third-order valence-electron chi connectivity index (χ3n) is 3.68. The van der Waals surface area contributed by atoms with E-state index in [0.717, 1.165) is 0 Å². The van der Waals surface area contributed by atoms with Crippen LogP contribution in [0.1, 0.15) is 41.5 Å². The van der Waals surface area contributed by atoms with Crippen LogP contribution in [0.5, 0.6) is 0 Å². The molecule has 0 heterocycles. The van der Waals surface area contributed by atoms with Gasteiger partial charge in [-0.15, -0.1) is 0 Å². The molecule has 0 spiro atoms. The molecule has 0 aliphatic rings. The Kier molecular flexibility index (Phi) is 5.46. The van der Waals surface area contributed by atoms with E-state index < -0.39 is 20.0 Å². The normalized spacial score (nSPS) is 12.9. The van der Waals surface area contributed by atoms with Gasteiger partial charge in [-0.25, -0.2) is 4.79 Å². The van der Waals surface area contributed by atoms with Gasteiger partial charge in [-0.05, 0) is 51.0 Å². The number of para-hydroxylation sites is 1. The first-order valence-electron chi connectivity index (χ1n) is 7.61. The molecule has 4 nitrogen and oxygen atoms in total. The van der Waals surface area contributed by atoms with E-state index in [0.29, 0.717) is 5.69 Å². The van der Waals surface area contributed by atoms with Gasteiger partial charge in [0.2, 0.25) is 8.32 Å². The van der Waals surface area contributed by atoms with Crippen LogP contribution in [0.25, 0.3) is 0 Å². The SMILES string of the molecule is CC(C)(C)OC(=O)N(O[Si](C)(C)C(C)(C)C)c1ccccc1. The maximum atomic E-state index is 12.6. The summed E-state index contributed by atoms with van der Waals surface area (Å²) >= 11 is 0. The summed E-state index contributed by atoms with van der Waals surface area (Å²) in [4.78, 5) is 12.6. The van der Waals surface area contributed by atoms with E-state index in [2.05, 4.69) is 33.9 Å². The van der Waals surface area contributed by atoms with Gasteiger partial charge in [-0.2, -0.15) is 5.06 Å². The first kappa shape index (κ1) is 18.7. The Morgan fingerprint density at radius 3 is 1.91 bits per heavy atom. The monoisotopic (exact) mass is 323 g/mol. The first-order valence-corrected chi connectivity index (χ1v) is 10.5. The Morgan fingerprint density at radius 1 is 1.00 bits per heavy atom. The largest absolute Gasteiger partial charge is 0.442 e. The van der Waals surface area contributed by atoms with E-state index >= 15 is 0 Å². The molecule has 0 aliphatic heterocycles. The molecule has 0 N–H and O–H groups in total. The predicted octanol–water partition coefficient (Wildman–Crippen LogP) is 5.36. The van der Waals surface area contributed by atoms with Crippen LogP contribution in [0.3, 0.4) is 0 Å². The predicted molar refractivity (Wildman–Crippen MR) is 93.4 cm³/mol. The van der Waals surface area contributed by atoms with Crippen molar-refractivity contribution in [3.8, 4) is 0 Å². The molecule has 0 atom stereocenters. The zero-order valence-corrected chi connectivity index (χ0v) is 16.1. The Bertz CT molecular complexity index is 501. The zero-order valence-electron chi connectivity index (χ0n) is 15.1. The fourth-order valence-corrected chi connectivity index (χ4v) is 2.34. The third-order valence-corrected chi connectivity index (χ3v) is 7.93. The van der Waals surface area contributed by atoms with Crippen LogP contribution >= 0.6 is 0 Å². The van der Waals surface area contributed by atoms with E-state index in [9.17, 15) is 4.79 Å². The fourth-order valence-electron chi connectivity index (χ4n) is 1.43. The van der Waals surface area contributed by atoms with Crippen molar-refractivity contribution in [2.24, 2.45) is 0 Å². The van der Waals surface area contributed by atoms with Crippen LogP contribution < -0.4 is 5.06 Å². The molecule has 0 bridgehead atoms. The minimum Gasteiger partial charge on any atom is -0.442 e. The minimum atomic E-state index is -2.16. The van der Waals surface area contributed by atoms with E-state index in [4.69, 9.17) is 9.26 Å². The van der Waals surface area contributed by atoms with Crippen molar-refractivity contribution < 1.29 is 14.1 Å². The van der Waals surface area contributed by atoms with Gasteiger partial charge in [0.05, 0.1) is 5.69 Å². The van der Waals surface area contributed by atoms with Crippen molar-refractivity contribution in [1.82, 2.24) is 0 Å². The third kappa shape index (κ3) is 5.14. The molecule has 1 amide bonds. The molecule has 0 aromatic heterocycles. The van der Waals surface area contributed by atoms with Crippen molar-refractivity contribution in [3.63, 3.8) is 0 Å². The number of anilines is 1. The van der Waals surface area contributed by atoms with Crippen LogP contribution in [-0.2, 0) is 9.26 Å². The molecule has 1 aromatic rings. The van der Waals surface area contributed by atoms with Gasteiger partial charge in [0.1, 0.15) is 5.60 Å². The van der Waals surface area contributed by atoms with Gasteiger partial charge in [0, 0.05) is 0 Å². The molecule has 0 unspecified atom stereocenters. The van der Waals surface area contributed by atoms with E-state index in [1.807, 2.05) is 51.1 Å². The zero-order chi connectivity index (χ0) is 17.2. The highest BCUT2D eigenvalue weighted by Crippen LogP contribution is 2.38. The van der Waals surface area contributed by atoms with Gasteiger partial charge in [0.15, 0.2) is 0 Å². The van der Waals surface area contributed by atoms with Crippen LogP contribution in [0, 0.1) is 0 Å². The number of hydrogen-bond acceptors (Lipinski definition) is 3. The number of benzene rings is 1. The Hall–Kier alpha value is -1.33. The summed E-state index contributed by atoms with van der Waals surface area (Å²) in [5.41, 5.74) is 0.113. The standard InChI is InChI=1S/C17H29NO3Si/c1-16(2,3)20-15(19)18(14-12-10-9-11-13-14)21-22(7,8)17(4,5)6/h9-13H,1-8H3. The molecule has 1 rings (SSSR count). The molecule has 1 aromatic carbocycles. The molecular formula is C17H29NO3Si. The lowest BCUT2D eigenvalue weighted by Gasteiger charge is -2.39. The molecule has 5 heteroatoms. The quantitative estimate of drug-likeness (QED) is 0.555. The van der Waals surface area contributed by atoms with E-state index in [1.54, 1.807) is 0 Å². The highest BCUT2D eigenvalue weighted by Gasteiger charge is 2.42. The topological polar surface area (TPSA) is 38.8 Å². The summed E-state index contributed by atoms with van der Waals surface area (Å²) in [6.07, 6.45) is -0.483. The van der Waals surface area contributed by atoms with Crippen molar-refractivity contribution >= 4 is 20.1 Å². The Labute approximate surface area is 135 Å². The highest BCUT2D eigenvalue weighted by atomic mass is 28.4. The number of hydrogen-bond donors (Lipinski definition) is 0. The number of ether oxygens (including phenoxy) is 1. The lowest BCUT2D eigenvalue weighted by Crippen LogP contribution is -2.50. The molecular weight excluding hydrogens is 294 g/mol. The van der Waals surface area contributed by atoms with Gasteiger partial charge in [-0.1, -0.05) is 39.0 Å². The lowest BCUT2D eigenvalue weighted by molar-refractivity contribution is 0.0421. The minimum absolute atomic E-state index is 0.0119. The molecule has 0 saturated carbocycles. The number of amides is 1. The maximum Gasteiger partial charge on any atom is 0.438 e. The molecule has 0 saturated heterocycles. The summed E-state index contributed by atoms with van der Waals surface area (Å²) in [5, 5.41) is 1.30. The maximum absolute atomic E-state index is 12.6. The number of hydroxylamine groups is 1. The summed E-state index contributed by atoms with van der Waals surface area (Å²) in [6.45, 7) is 16.2. The molecule has 0 fully saturated rings.